The second-order valence-corrected chi connectivity index (χ2v) is 11.0. The highest BCUT2D eigenvalue weighted by molar-refractivity contribution is 6.65. The van der Waals surface area contributed by atoms with Crippen molar-refractivity contribution in [1.82, 2.24) is 10.3 Å². The summed E-state index contributed by atoms with van der Waals surface area (Å²) in [7, 11) is -0.783. The van der Waals surface area contributed by atoms with Gasteiger partial charge in [0, 0.05) is 24.1 Å². The van der Waals surface area contributed by atoms with Gasteiger partial charge in [-0.3, -0.25) is 5.32 Å². The molecule has 1 aromatic heterocycles. The summed E-state index contributed by atoms with van der Waals surface area (Å²) < 4.78 is 23.1. The average molecular weight is 534 g/mol. The number of hydrogen-bond donors (Lipinski definition) is 3. The number of pyridine rings is 1. The van der Waals surface area contributed by atoms with Gasteiger partial charge in [0.1, 0.15) is 17.4 Å². The number of ether oxygens (including phenoxy) is 2. The highest BCUT2D eigenvalue weighted by Crippen LogP contribution is 2.27. The zero-order chi connectivity index (χ0) is 27.2. The van der Waals surface area contributed by atoms with Gasteiger partial charge in [-0.2, -0.15) is 0 Å². The molecule has 12 heteroatoms. The van der Waals surface area contributed by atoms with Crippen molar-refractivity contribution < 1.29 is 33.5 Å². The molecule has 1 saturated heterocycles. The number of carboxylic acid groups (broad SMARTS) is 1. The summed E-state index contributed by atoms with van der Waals surface area (Å²) in [5.74, 6) is 0.0241. The quantitative estimate of drug-likeness (QED) is 0.342. The van der Waals surface area contributed by atoms with Gasteiger partial charge in [-0.25, -0.2) is 14.6 Å². The normalized spacial score (nSPS) is 16.0. The van der Waals surface area contributed by atoms with Crippen LogP contribution in [0.5, 0.6) is 5.75 Å². The first-order valence-corrected chi connectivity index (χ1v) is 12.3. The predicted molar refractivity (Wildman–Crippen MR) is 141 cm³/mol. The Morgan fingerprint density at radius 3 is 2.46 bits per heavy atom. The Labute approximate surface area is 222 Å². The van der Waals surface area contributed by atoms with E-state index in [1.165, 1.54) is 6.07 Å². The highest BCUT2D eigenvalue weighted by Gasteiger charge is 2.36. The number of nitrogens with zero attached hydrogens (tertiary/aromatic N) is 1. The summed E-state index contributed by atoms with van der Waals surface area (Å²) in [5, 5.41) is 14.3. The van der Waals surface area contributed by atoms with Crippen molar-refractivity contribution in [2.45, 2.75) is 52.7 Å². The molecular weight excluding hydrogens is 501 g/mol. The van der Waals surface area contributed by atoms with E-state index < -0.39 is 30.9 Å². The third-order valence-corrected chi connectivity index (χ3v) is 5.49. The van der Waals surface area contributed by atoms with Crippen LogP contribution >= 0.6 is 11.6 Å². The van der Waals surface area contributed by atoms with E-state index in [0.29, 0.717) is 25.1 Å². The Hall–Kier alpha value is -3.02. The van der Waals surface area contributed by atoms with Crippen molar-refractivity contribution in [3.05, 3.63) is 47.1 Å². The number of aromatic nitrogens is 1. The maximum absolute atomic E-state index is 12.5. The van der Waals surface area contributed by atoms with Crippen molar-refractivity contribution in [2.75, 3.05) is 25.1 Å². The number of benzene rings is 1. The molecule has 1 aromatic carbocycles. The van der Waals surface area contributed by atoms with Crippen LogP contribution in [0.25, 0.3) is 0 Å². The van der Waals surface area contributed by atoms with E-state index >= 15 is 0 Å². The molecule has 2 heterocycles. The zero-order valence-corrected chi connectivity index (χ0v) is 22.4. The van der Waals surface area contributed by atoms with Crippen LogP contribution in [-0.2, 0) is 20.5 Å². The van der Waals surface area contributed by atoms with Gasteiger partial charge in [0.15, 0.2) is 11.6 Å². The molecule has 0 spiro atoms. The van der Waals surface area contributed by atoms with E-state index in [0.717, 1.165) is 5.56 Å². The number of anilines is 1. The molecule has 1 aliphatic rings. The van der Waals surface area contributed by atoms with Gasteiger partial charge in [0.05, 0.1) is 6.04 Å². The number of carbonyl (C=O) groups excluding carboxylic acids is 1. The van der Waals surface area contributed by atoms with Crippen LogP contribution in [0, 0.1) is 5.41 Å². The molecular formula is C25H33BClN3O7. The number of rotatable bonds is 8. The minimum Gasteiger partial charge on any atom is -0.488 e. The molecule has 3 N–H and O–H groups in total. The maximum atomic E-state index is 12.5. The van der Waals surface area contributed by atoms with Crippen molar-refractivity contribution in [2.24, 2.45) is 5.41 Å². The molecule has 10 nitrogen and oxygen atoms in total. The Bertz CT molecular complexity index is 1090. The molecule has 2 aromatic rings. The van der Waals surface area contributed by atoms with Crippen LogP contribution in [0.1, 0.15) is 40.2 Å². The lowest BCUT2D eigenvalue weighted by molar-refractivity contribution is 0.0343. The van der Waals surface area contributed by atoms with Crippen LogP contribution in [0.2, 0.25) is 5.15 Å². The average Bonchev–Trinajstić information content (AvgIpc) is 2.78. The van der Waals surface area contributed by atoms with Crippen molar-refractivity contribution in [1.29, 1.82) is 0 Å². The van der Waals surface area contributed by atoms with E-state index in [1.807, 2.05) is 44.2 Å². The molecule has 1 fully saturated rings. The van der Waals surface area contributed by atoms with Crippen molar-refractivity contribution in [3.63, 3.8) is 0 Å². The number of nitrogens with one attached hydrogen (secondary N) is 2. The third kappa shape index (κ3) is 9.10. The van der Waals surface area contributed by atoms with Gasteiger partial charge < -0.3 is 29.2 Å². The molecule has 0 saturated carbocycles. The summed E-state index contributed by atoms with van der Waals surface area (Å²) in [6.45, 7) is 10.2. The highest BCUT2D eigenvalue weighted by atomic mass is 35.5. The Balaban J connectivity index is 1.83. The van der Waals surface area contributed by atoms with Crippen molar-refractivity contribution in [3.8, 4) is 5.75 Å². The van der Waals surface area contributed by atoms with Crippen LogP contribution in [0.4, 0.5) is 15.4 Å². The number of carbonyl (C=O) groups is 2. The number of halogens is 1. The van der Waals surface area contributed by atoms with Gasteiger partial charge in [0.2, 0.25) is 0 Å². The molecule has 37 heavy (non-hydrogen) atoms. The third-order valence-electron chi connectivity index (χ3n) is 5.18. The summed E-state index contributed by atoms with van der Waals surface area (Å²) in [6.07, 6.45) is -1.48. The topological polar surface area (TPSA) is 128 Å². The van der Waals surface area contributed by atoms with Crippen molar-refractivity contribution >= 4 is 42.2 Å². The maximum Gasteiger partial charge on any atom is 0.497 e. The fourth-order valence-corrected chi connectivity index (χ4v) is 3.77. The van der Waals surface area contributed by atoms with E-state index in [4.69, 9.17) is 30.4 Å². The van der Waals surface area contributed by atoms with Gasteiger partial charge in [0.25, 0.3) is 0 Å². The minimum absolute atomic E-state index is 0.00932. The summed E-state index contributed by atoms with van der Waals surface area (Å²) in [4.78, 5) is 28.0. The molecule has 1 atom stereocenters. The van der Waals surface area contributed by atoms with Gasteiger partial charge in [-0.15, -0.1) is 0 Å². The first-order chi connectivity index (χ1) is 17.3. The lowest BCUT2D eigenvalue weighted by Crippen LogP contribution is -2.48. The Morgan fingerprint density at radius 2 is 1.86 bits per heavy atom. The van der Waals surface area contributed by atoms with Crippen LogP contribution in [0.15, 0.2) is 36.4 Å². The monoisotopic (exact) mass is 533 g/mol. The predicted octanol–water partition coefficient (Wildman–Crippen LogP) is 4.11. The van der Waals surface area contributed by atoms with Gasteiger partial charge in [-0.05, 0) is 38.8 Å². The largest absolute Gasteiger partial charge is 0.497 e. The SMILES string of the molecule is CC1(C)COB(c2cc(OC[C@H](Cc3ccccc3)NC(=O)OC(C)(C)C)c(NC(=O)O)nc2Cl)OC1. The molecule has 0 bridgehead atoms. The van der Waals surface area contributed by atoms with E-state index in [2.05, 4.69) is 15.6 Å². The van der Waals surface area contributed by atoms with Crippen LogP contribution in [0.3, 0.4) is 0 Å². The standard InChI is InChI=1S/C25H33BClN3O7/c1-24(2,3)37-23(33)28-17(11-16-9-7-6-8-10-16)13-34-19-12-18(20(27)29-21(19)30-22(31)32)26-35-14-25(4,5)15-36-26/h6-10,12,17H,11,13-15H2,1-5H3,(H,28,33)(H,29,30)(H,31,32)/t17-/m0/s1. The Morgan fingerprint density at radius 1 is 1.22 bits per heavy atom. The lowest BCUT2D eigenvalue weighted by atomic mass is 9.76. The van der Waals surface area contributed by atoms with Gasteiger partial charge >= 0.3 is 19.3 Å². The minimum atomic E-state index is -1.33. The van der Waals surface area contributed by atoms with Gasteiger partial charge in [-0.1, -0.05) is 55.8 Å². The molecule has 3 rings (SSSR count). The number of alkyl carbamates (subject to hydrolysis) is 1. The first-order valence-electron chi connectivity index (χ1n) is 11.9. The van der Waals surface area contributed by atoms with E-state index in [9.17, 15) is 14.7 Å². The Kier molecular flexibility index (Phi) is 9.28. The van der Waals surface area contributed by atoms with E-state index in [-0.39, 0.29) is 28.7 Å². The molecule has 200 valence electrons. The second-order valence-electron chi connectivity index (χ2n) is 10.6. The zero-order valence-electron chi connectivity index (χ0n) is 21.7. The number of hydrogen-bond acceptors (Lipinski definition) is 7. The fourth-order valence-electron chi connectivity index (χ4n) is 3.54. The summed E-state index contributed by atoms with van der Waals surface area (Å²) >= 11 is 6.36. The van der Waals surface area contributed by atoms with Crippen LogP contribution < -0.4 is 20.8 Å². The molecule has 0 unspecified atom stereocenters. The summed E-state index contributed by atoms with van der Waals surface area (Å²) in [6, 6.07) is 10.6. The smallest absolute Gasteiger partial charge is 0.488 e. The molecule has 0 radical (unpaired) electrons. The van der Waals surface area contributed by atoms with E-state index in [1.54, 1.807) is 20.8 Å². The fraction of sp³-hybridized carbons (Fsp3) is 0.480. The first kappa shape index (κ1) is 28.6. The molecule has 1 aliphatic heterocycles. The molecule has 0 aliphatic carbocycles. The second kappa shape index (κ2) is 12.0. The summed E-state index contributed by atoms with van der Waals surface area (Å²) in [5.41, 5.74) is 0.545. The lowest BCUT2D eigenvalue weighted by Gasteiger charge is -2.33. The molecule has 2 amide bonds. The van der Waals surface area contributed by atoms with Crippen LogP contribution in [-0.4, -0.2) is 60.9 Å². The number of amides is 2.